The van der Waals surface area contributed by atoms with Crippen molar-refractivity contribution in [3.63, 3.8) is 0 Å². The number of hydrogen-bond acceptors (Lipinski definition) is 3. The van der Waals surface area contributed by atoms with Gasteiger partial charge in [-0.1, -0.05) is 28.1 Å². The van der Waals surface area contributed by atoms with Crippen molar-refractivity contribution in [1.29, 1.82) is 0 Å². The largest absolute Gasteiger partial charge is 0.465 e. The van der Waals surface area contributed by atoms with Gasteiger partial charge in [0, 0.05) is 5.56 Å². The Kier molecular flexibility index (Phi) is 4.03. The van der Waals surface area contributed by atoms with Crippen molar-refractivity contribution in [2.24, 2.45) is 0 Å². The molecule has 4 heteroatoms. The Bertz CT molecular complexity index is 399. The number of carbonyl (C=O) groups is 2. The maximum atomic E-state index is 11.4. The Balaban J connectivity index is 3.16. The highest BCUT2D eigenvalue weighted by Gasteiger charge is 2.12. The van der Waals surface area contributed by atoms with Crippen molar-refractivity contribution in [1.82, 2.24) is 0 Å². The molecule has 0 N–H and O–H groups in total. The minimum absolute atomic E-state index is 0.0554. The maximum absolute atomic E-state index is 11.4. The second kappa shape index (κ2) is 5.07. The van der Waals surface area contributed by atoms with E-state index in [-0.39, 0.29) is 11.1 Å². The van der Waals surface area contributed by atoms with Crippen LogP contribution in [-0.4, -0.2) is 24.2 Å². The molecule has 1 aromatic rings. The van der Waals surface area contributed by atoms with Gasteiger partial charge in [-0.05, 0) is 18.6 Å². The first kappa shape index (κ1) is 11.9. The second-order valence-corrected chi connectivity index (χ2v) is 3.64. The number of hydrogen-bond donors (Lipinski definition) is 0. The molecule has 15 heavy (non-hydrogen) atoms. The fourth-order valence-electron chi connectivity index (χ4n) is 1.20. The Hall–Kier alpha value is -1.16. The van der Waals surface area contributed by atoms with Crippen LogP contribution in [0.1, 0.15) is 26.3 Å². The third kappa shape index (κ3) is 2.65. The number of carbonyl (C=O) groups excluding carboxylic acids is 2. The molecule has 0 aliphatic carbocycles. The first-order valence-electron chi connectivity index (χ1n) is 4.38. The molecule has 0 saturated carbocycles. The average Bonchev–Trinajstić information content (AvgIpc) is 2.27. The predicted octanol–water partition coefficient (Wildman–Crippen LogP) is 2.36. The molecule has 3 nitrogen and oxygen atoms in total. The number of alkyl halides is 1. The normalized spacial score (nSPS) is 9.80. The SMILES string of the molecule is COC(=O)c1cc(C(=O)CBr)ccc1C. The van der Waals surface area contributed by atoms with Gasteiger partial charge in [-0.3, -0.25) is 4.79 Å². The summed E-state index contributed by atoms with van der Waals surface area (Å²) in [6.07, 6.45) is 0. The number of ether oxygens (including phenoxy) is 1. The zero-order chi connectivity index (χ0) is 11.4. The molecular formula is C11H11BrO3. The lowest BCUT2D eigenvalue weighted by atomic mass is 10.0. The molecule has 1 aromatic carbocycles. The Labute approximate surface area is 96.6 Å². The molecule has 0 amide bonds. The summed E-state index contributed by atoms with van der Waals surface area (Å²) in [5.74, 6) is -0.475. The molecule has 0 aliphatic rings. The standard InChI is InChI=1S/C11H11BrO3/c1-7-3-4-8(10(13)6-12)5-9(7)11(14)15-2/h3-5H,6H2,1-2H3. The van der Waals surface area contributed by atoms with Gasteiger partial charge in [0.15, 0.2) is 5.78 Å². The molecule has 0 bridgehead atoms. The van der Waals surface area contributed by atoms with E-state index in [0.29, 0.717) is 11.1 Å². The van der Waals surface area contributed by atoms with E-state index >= 15 is 0 Å². The van der Waals surface area contributed by atoms with E-state index in [4.69, 9.17) is 0 Å². The predicted molar refractivity (Wildman–Crippen MR) is 60.6 cm³/mol. The van der Waals surface area contributed by atoms with Crippen LogP contribution < -0.4 is 0 Å². The van der Waals surface area contributed by atoms with Gasteiger partial charge in [0.25, 0.3) is 0 Å². The third-order valence-electron chi connectivity index (χ3n) is 2.09. The second-order valence-electron chi connectivity index (χ2n) is 3.08. The molecule has 0 radical (unpaired) electrons. The van der Waals surface area contributed by atoms with Gasteiger partial charge < -0.3 is 4.74 Å². The van der Waals surface area contributed by atoms with E-state index in [2.05, 4.69) is 20.7 Å². The molecule has 0 heterocycles. The first-order chi connectivity index (χ1) is 7.10. The number of esters is 1. The fraction of sp³-hybridized carbons (Fsp3) is 0.273. The monoisotopic (exact) mass is 270 g/mol. The summed E-state index contributed by atoms with van der Waals surface area (Å²) in [4.78, 5) is 22.7. The molecule has 1 rings (SSSR count). The Morgan fingerprint density at radius 3 is 2.60 bits per heavy atom. The molecule has 0 spiro atoms. The van der Waals surface area contributed by atoms with Crippen molar-refractivity contribution < 1.29 is 14.3 Å². The van der Waals surface area contributed by atoms with Crippen LogP contribution in [-0.2, 0) is 4.74 Å². The summed E-state index contributed by atoms with van der Waals surface area (Å²) in [5.41, 5.74) is 1.75. The zero-order valence-electron chi connectivity index (χ0n) is 8.54. The summed E-state index contributed by atoms with van der Waals surface area (Å²) >= 11 is 3.08. The van der Waals surface area contributed by atoms with E-state index in [1.165, 1.54) is 7.11 Å². The number of halogens is 1. The van der Waals surface area contributed by atoms with Gasteiger partial charge in [0.1, 0.15) is 0 Å². The van der Waals surface area contributed by atoms with Crippen LogP contribution in [0.2, 0.25) is 0 Å². The Morgan fingerprint density at radius 2 is 2.07 bits per heavy atom. The molecular weight excluding hydrogens is 260 g/mol. The number of Topliss-reactive ketones (excluding diaryl/α,β-unsaturated/α-hetero) is 1. The quantitative estimate of drug-likeness (QED) is 0.481. The lowest BCUT2D eigenvalue weighted by Gasteiger charge is -2.05. The number of aryl methyl sites for hydroxylation is 1. The highest BCUT2D eigenvalue weighted by molar-refractivity contribution is 9.09. The molecule has 0 aromatic heterocycles. The Morgan fingerprint density at radius 1 is 1.40 bits per heavy atom. The minimum Gasteiger partial charge on any atom is -0.465 e. The summed E-state index contributed by atoms with van der Waals surface area (Å²) in [6.45, 7) is 1.80. The van der Waals surface area contributed by atoms with Crippen LogP contribution in [0.4, 0.5) is 0 Å². The molecule has 0 atom stereocenters. The van der Waals surface area contributed by atoms with E-state index in [0.717, 1.165) is 5.56 Å². The van der Waals surface area contributed by atoms with Crippen molar-refractivity contribution in [2.75, 3.05) is 12.4 Å². The van der Waals surface area contributed by atoms with Crippen molar-refractivity contribution in [2.45, 2.75) is 6.92 Å². The average molecular weight is 271 g/mol. The zero-order valence-corrected chi connectivity index (χ0v) is 10.1. The summed E-state index contributed by atoms with van der Waals surface area (Å²) in [5, 5.41) is 0.247. The van der Waals surface area contributed by atoms with Crippen LogP contribution in [0.3, 0.4) is 0 Å². The van der Waals surface area contributed by atoms with Crippen LogP contribution in [0, 0.1) is 6.92 Å². The van der Waals surface area contributed by atoms with Crippen LogP contribution in [0.25, 0.3) is 0 Å². The maximum Gasteiger partial charge on any atom is 0.338 e. The first-order valence-corrected chi connectivity index (χ1v) is 5.50. The van der Waals surface area contributed by atoms with Crippen molar-refractivity contribution in [3.8, 4) is 0 Å². The lowest BCUT2D eigenvalue weighted by Crippen LogP contribution is -2.07. The van der Waals surface area contributed by atoms with Gasteiger partial charge in [-0.2, -0.15) is 0 Å². The fourth-order valence-corrected chi connectivity index (χ4v) is 1.53. The number of rotatable bonds is 3. The topological polar surface area (TPSA) is 43.4 Å². The van der Waals surface area contributed by atoms with E-state index in [1.54, 1.807) is 25.1 Å². The number of benzene rings is 1. The molecule has 0 fully saturated rings. The van der Waals surface area contributed by atoms with Crippen LogP contribution in [0.5, 0.6) is 0 Å². The van der Waals surface area contributed by atoms with E-state index < -0.39 is 5.97 Å². The highest BCUT2D eigenvalue weighted by atomic mass is 79.9. The van der Waals surface area contributed by atoms with E-state index in [1.807, 2.05) is 0 Å². The third-order valence-corrected chi connectivity index (χ3v) is 2.60. The smallest absolute Gasteiger partial charge is 0.338 e. The highest BCUT2D eigenvalue weighted by Crippen LogP contribution is 2.13. The van der Waals surface area contributed by atoms with Gasteiger partial charge in [0.05, 0.1) is 18.0 Å². The summed E-state index contributed by atoms with van der Waals surface area (Å²) in [7, 11) is 1.32. The van der Waals surface area contributed by atoms with Gasteiger partial charge in [-0.25, -0.2) is 4.79 Å². The molecule has 0 aliphatic heterocycles. The molecule has 80 valence electrons. The van der Waals surface area contributed by atoms with E-state index in [9.17, 15) is 9.59 Å². The van der Waals surface area contributed by atoms with Gasteiger partial charge in [0.2, 0.25) is 0 Å². The van der Waals surface area contributed by atoms with Crippen molar-refractivity contribution >= 4 is 27.7 Å². The number of ketones is 1. The van der Waals surface area contributed by atoms with Crippen LogP contribution >= 0.6 is 15.9 Å². The summed E-state index contributed by atoms with van der Waals surface area (Å²) < 4.78 is 4.62. The van der Waals surface area contributed by atoms with Gasteiger partial charge in [-0.15, -0.1) is 0 Å². The lowest BCUT2D eigenvalue weighted by molar-refractivity contribution is 0.0600. The number of methoxy groups -OCH3 is 1. The van der Waals surface area contributed by atoms with Crippen molar-refractivity contribution in [3.05, 3.63) is 34.9 Å². The molecule has 0 saturated heterocycles. The van der Waals surface area contributed by atoms with Crippen LogP contribution in [0.15, 0.2) is 18.2 Å². The van der Waals surface area contributed by atoms with Gasteiger partial charge >= 0.3 is 5.97 Å². The summed E-state index contributed by atoms with van der Waals surface area (Å²) in [6, 6.07) is 5.00. The minimum atomic E-state index is -0.420. The molecule has 0 unspecified atom stereocenters.